The summed E-state index contributed by atoms with van der Waals surface area (Å²) < 4.78 is 43.1. The highest BCUT2D eigenvalue weighted by molar-refractivity contribution is 7.52. The third kappa shape index (κ3) is 10.9. The topological polar surface area (TPSA) is 206 Å². The van der Waals surface area contributed by atoms with Gasteiger partial charge in [0.15, 0.2) is 22.9 Å². The number of rotatable bonds is 18. The molecule has 4 atom stereocenters. The van der Waals surface area contributed by atoms with E-state index in [1.54, 1.807) is 45.9 Å². The Bertz CT molecular complexity index is 1830. The SMILES string of the molecule is CC(C)OC(=O)CCc1ccccc1OP(=O)(N[C@@H](C)C(=O)OC(C)C)OCC1=C(O)C(C)(O)[C@H](n2ccc(NOCc3ccccc3)nc2=O)O1. The largest absolute Gasteiger partial charge is 0.506 e. The van der Waals surface area contributed by atoms with Crippen LogP contribution in [-0.2, 0) is 50.8 Å². The van der Waals surface area contributed by atoms with Gasteiger partial charge in [-0.25, -0.2) is 14.8 Å². The second-order valence-corrected chi connectivity index (χ2v) is 14.3. The number of anilines is 1. The number of ether oxygens (including phenoxy) is 3. The zero-order chi connectivity index (χ0) is 38.1. The van der Waals surface area contributed by atoms with Crippen LogP contribution in [0.3, 0.4) is 0 Å². The summed E-state index contributed by atoms with van der Waals surface area (Å²) in [6.45, 7) is 8.82. The van der Waals surface area contributed by atoms with Crippen molar-refractivity contribution in [3.05, 3.63) is 100.0 Å². The van der Waals surface area contributed by atoms with Gasteiger partial charge in [0.1, 0.15) is 18.4 Å². The standard InChI is InChI=1S/C35H45N4O12P/c1-22(2)48-30(40)17-16-26-14-10-11-15-27(26)51-52(45,38-24(5)32(42)49-23(3)4)47-21-28-31(41)35(6,44)33(50-28)39-19-18-29(36-34(39)43)37-46-20-25-12-8-7-9-13-25/h7-15,18-19,22-24,33,41,44H,16-17,20-21H2,1-6H3,(H,38,45)(H,36,37,43)/t24-,33+,35?,52?/m0/s1. The smallest absolute Gasteiger partial charge is 0.459 e. The van der Waals surface area contributed by atoms with Gasteiger partial charge in [0.25, 0.3) is 0 Å². The van der Waals surface area contributed by atoms with Crippen molar-refractivity contribution < 1.29 is 52.5 Å². The van der Waals surface area contributed by atoms with Gasteiger partial charge < -0.3 is 28.9 Å². The number of aryl methyl sites for hydroxylation is 1. The molecule has 2 aromatic carbocycles. The molecule has 0 radical (unpaired) electrons. The van der Waals surface area contributed by atoms with Crippen molar-refractivity contribution in [1.82, 2.24) is 14.6 Å². The lowest BCUT2D eigenvalue weighted by Gasteiger charge is -2.26. The lowest BCUT2D eigenvalue weighted by atomic mass is 10.0. The molecule has 1 aromatic heterocycles. The molecule has 52 heavy (non-hydrogen) atoms. The molecule has 2 heterocycles. The number of aromatic nitrogens is 2. The first-order valence-corrected chi connectivity index (χ1v) is 18.1. The maximum absolute atomic E-state index is 14.3. The normalized spacial score (nSPS) is 18.8. The van der Waals surface area contributed by atoms with E-state index in [1.165, 1.54) is 32.2 Å². The van der Waals surface area contributed by atoms with Crippen LogP contribution >= 0.6 is 7.75 Å². The number of aliphatic hydroxyl groups excluding tert-OH is 1. The third-order valence-corrected chi connectivity index (χ3v) is 9.01. The molecule has 0 fully saturated rings. The number of esters is 2. The number of hydrogen-bond acceptors (Lipinski definition) is 14. The summed E-state index contributed by atoms with van der Waals surface area (Å²) in [6, 6.07) is 16.0. The second-order valence-electron chi connectivity index (χ2n) is 12.6. The lowest BCUT2D eigenvalue weighted by Crippen LogP contribution is -2.40. The third-order valence-electron chi connectivity index (χ3n) is 7.40. The van der Waals surface area contributed by atoms with Crippen LogP contribution < -0.4 is 20.8 Å². The molecule has 3 aromatic rings. The molecule has 0 aliphatic carbocycles. The summed E-state index contributed by atoms with van der Waals surface area (Å²) in [4.78, 5) is 47.2. The Kier molecular flexibility index (Phi) is 13.6. The van der Waals surface area contributed by atoms with Crippen molar-refractivity contribution in [3.63, 3.8) is 0 Å². The number of carbonyl (C=O) groups excluding carboxylic acids is 2. The summed E-state index contributed by atoms with van der Waals surface area (Å²) in [7, 11) is -4.53. The molecular formula is C35H45N4O12P. The molecule has 0 bridgehead atoms. The first kappa shape index (κ1) is 40.0. The minimum atomic E-state index is -4.53. The Hall–Kier alpha value is -4.73. The molecule has 0 amide bonds. The number of nitrogens with zero attached hydrogens (tertiary/aromatic N) is 2. The number of aliphatic hydroxyl groups is 2. The van der Waals surface area contributed by atoms with E-state index in [1.807, 2.05) is 30.3 Å². The molecule has 16 nitrogen and oxygen atoms in total. The Morgan fingerprint density at radius 2 is 1.67 bits per heavy atom. The fourth-order valence-corrected chi connectivity index (χ4v) is 6.38. The second kappa shape index (κ2) is 17.7. The fraction of sp³-hybridized carbons (Fsp3) is 0.429. The van der Waals surface area contributed by atoms with E-state index in [0.717, 1.165) is 10.1 Å². The van der Waals surface area contributed by atoms with Crippen molar-refractivity contribution in [2.45, 2.75) is 91.1 Å². The average molecular weight is 745 g/mol. The van der Waals surface area contributed by atoms with Gasteiger partial charge in [0.2, 0.25) is 6.23 Å². The first-order chi connectivity index (χ1) is 24.6. The Labute approximate surface area is 301 Å². The van der Waals surface area contributed by atoms with Crippen LogP contribution in [0.25, 0.3) is 0 Å². The first-order valence-electron chi connectivity index (χ1n) is 16.6. The fourth-order valence-electron chi connectivity index (χ4n) is 4.90. The van der Waals surface area contributed by atoms with E-state index in [0.29, 0.717) is 5.56 Å². The zero-order valence-electron chi connectivity index (χ0n) is 29.8. The molecule has 1 aliphatic heterocycles. The van der Waals surface area contributed by atoms with Crippen molar-refractivity contribution in [2.24, 2.45) is 0 Å². The van der Waals surface area contributed by atoms with E-state index in [9.17, 15) is 29.2 Å². The summed E-state index contributed by atoms with van der Waals surface area (Å²) in [5.41, 5.74) is 0.955. The van der Waals surface area contributed by atoms with E-state index in [4.69, 9.17) is 28.1 Å². The molecule has 1 aliphatic rings. The van der Waals surface area contributed by atoms with Crippen molar-refractivity contribution in [3.8, 4) is 5.75 Å². The molecule has 0 saturated carbocycles. The van der Waals surface area contributed by atoms with Crippen LogP contribution in [0.15, 0.2) is 83.2 Å². The van der Waals surface area contributed by atoms with Crippen LogP contribution in [-0.4, -0.2) is 62.2 Å². The van der Waals surface area contributed by atoms with Gasteiger partial charge >= 0.3 is 25.4 Å². The maximum atomic E-state index is 14.3. The van der Waals surface area contributed by atoms with Crippen molar-refractivity contribution in [2.75, 3.05) is 12.1 Å². The molecular weight excluding hydrogens is 699 g/mol. The average Bonchev–Trinajstić information content (AvgIpc) is 3.30. The summed E-state index contributed by atoms with van der Waals surface area (Å²) in [5, 5.41) is 24.8. The van der Waals surface area contributed by atoms with Crippen LogP contribution in [0, 0.1) is 0 Å². The lowest BCUT2D eigenvalue weighted by molar-refractivity contribution is -0.149. The molecule has 17 heteroatoms. The minimum absolute atomic E-state index is 0.00526. The summed E-state index contributed by atoms with van der Waals surface area (Å²) >= 11 is 0. The highest BCUT2D eigenvalue weighted by Gasteiger charge is 2.49. The van der Waals surface area contributed by atoms with E-state index < -0.39 is 61.7 Å². The van der Waals surface area contributed by atoms with Crippen LogP contribution in [0.2, 0.25) is 0 Å². The van der Waals surface area contributed by atoms with Gasteiger partial charge in [-0.3, -0.25) is 23.5 Å². The Morgan fingerprint density at radius 1 is 1.00 bits per heavy atom. The summed E-state index contributed by atoms with van der Waals surface area (Å²) in [6.07, 6.45) is -0.824. The highest BCUT2D eigenvalue weighted by Crippen LogP contribution is 2.48. The predicted octanol–water partition coefficient (Wildman–Crippen LogP) is 4.85. The van der Waals surface area contributed by atoms with E-state index in [2.05, 4.69) is 15.6 Å². The maximum Gasteiger partial charge on any atom is 0.459 e. The van der Waals surface area contributed by atoms with Gasteiger partial charge in [-0.1, -0.05) is 48.5 Å². The molecule has 282 valence electrons. The zero-order valence-corrected chi connectivity index (χ0v) is 30.7. The molecule has 4 rings (SSSR count). The monoisotopic (exact) mass is 744 g/mol. The number of nitrogens with one attached hydrogen (secondary N) is 2. The van der Waals surface area contributed by atoms with Gasteiger partial charge in [-0.15, -0.1) is 0 Å². The quantitative estimate of drug-likeness (QED) is 0.0780. The minimum Gasteiger partial charge on any atom is -0.506 e. The molecule has 2 unspecified atom stereocenters. The van der Waals surface area contributed by atoms with Crippen LogP contribution in [0.1, 0.15) is 65.3 Å². The van der Waals surface area contributed by atoms with Gasteiger partial charge in [0.05, 0.1) is 18.8 Å². The number of hydrogen-bond donors (Lipinski definition) is 4. The van der Waals surface area contributed by atoms with Crippen LogP contribution in [0.5, 0.6) is 5.75 Å². The van der Waals surface area contributed by atoms with Crippen molar-refractivity contribution >= 4 is 25.5 Å². The van der Waals surface area contributed by atoms with E-state index >= 15 is 0 Å². The Morgan fingerprint density at radius 3 is 2.35 bits per heavy atom. The summed E-state index contributed by atoms with van der Waals surface area (Å²) in [5.74, 6) is -2.10. The molecule has 4 N–H and O–H groups in total. The van der Waals surface area contributed by atoms with Gasteiger partial charge in [-0.2, -0.15) is 10.1 Å². The van der Waals surface area contributed by atoms with E-state index in [-0.39, 0.29) is 42.9 Å². The Balaban J connectivity index is 1.51. The number of para-hydroxylation sites is 1. The number of benzene rings is 2. The predicted molar refractivity (Wildman–Crippen MR) is 188 cm³/mol. The van der Waals surface area contributed by atoms with Gasteiger partial charge in [0, 0.05) is 12.6 Å². The molecule has 0 saturated heterocycles. The highest BCUT2D eigenvalue weighted by atomic mass is 31.2. The van der Waals surface area contributed by atoms with Crippen molar-refractivity contribution in [1.29, 1.82) is 0 Å². The van der Waals surface area contributed by atoms with Gasteiger partial charge in [-0.05, 0) is 71.2 Å². The molecule has 0 spiro atoms. The van der Waals surface area contributed by atoms with Crippen LogP contribution in [0.4, 0.5) is 5.82 Å². The number of carbonyl (C=O) groups is 2.